The van der Waals surface area contributed by atoms with Crippen LogP contribution in [0.4, 0.5) is 0 Å². The Morgan fingerprint density at radius 3 is 2.09 bits per heavy atom. The number of rotatable bonds is 1. The molecule has 222 valence electrons. The van der Waals surface area contributed by atoms with Crippen molar-refractivity contribution in [3.63, 3.8) is 0 Å². The normalized spacial score (nSPS) is 11.8. The minimum Gasteiger partial charge on any atom is -0.358 e. The van der Waals surface area contributed by atoms with Crippen LogP contribution in [0.1, 0.15) is 69.4 Å². The van der Waals surface area contributed by atoms with Crippen molar-refractivity contribution in [2.24, 2.45) is 0 Å². The minimum atomic E-state index is 0. The van der Waals surface area contributed by atoms with Crippen LogP contribution in [0, 0.1) is 27.8 Å². The van der Waals surface area contributed by atoms with E-state index < -0.39 is 0 Å². The van der Waals surface area contributed by atoms with Crippen LogP contribution in [0.3, 0.4) is 0 Å². The van der Waals surface area contributed by atoms with Gasteiger partial charge in [0.25, 0.3) is 0 Å². The molecule has 0 aliphatic heterocycles. The van der Waals surface area contributed by atoms with Gasteiger partial charge in [-0.15, -0.1) is 45.7 Å². The van der Waals surface area contributed by atoms with Gasteiger partial charge in [-0.2, -0.15) is 23.8 Å². The van der Waals surface area contributed by atoms with Crippen molar-refractivity contribution in [1.82, 2.24) is 0 Å². The summed E-state index contributed by atoms with van der Waals surface area (Å²) < 4.78 is 0. The number of fused-ring (bicyclic) bond motifs is 5. The van der Waals surface area contributed by atoms with E-state index in [1.165, 1.54) is 71.6 Å². The molecule has 6 aromatic carbocycles. The van der Waals surface area contributed by atoms with Crippen molar-refractivity contribution in [1.29, 1.82) is 0 Å². The van der Waals surface area contributed by atoms with Crippen molar-refractivity contribution in [3.05, 3.63) is 152 Å². The van der Waals surface area contributed by atoms with Gasteiger partial charge in [-0.05, 0) is 46.1 Å². The van der Waals surface area contributed by atoms with Crippen molar-refractivity contribution in [2.45, 2.75) is 65.7 Å². The molecule has 0 saturated heterocycles. The maximum Gasteiger partial charge on any atom is 4.00 e. The molecular formula is C43H46Ti. The van der Waals surface area contributed by atoms with Gasteiger partial charge in [-0.1, -0.05) is 131 Å². The van der Waals surface area contributed by atoms with Crippen LogP contribution in [0.2, 0.25) is 0 Å². The van der Waals surface area contributed by atoms with E-state index in [1.54, 1.807) is 0 Å². The molecule has 0 nitrogen and oxygen atoms in total. The Balaban J connectivity index is 0.000000225. The molecule has 6 aromatic rings. The smallest absolute Gasteiger partial charge is 0.358 e. The zero-order valence-electron chi connectivity index (χ0n) is 28.0. The molecule has 0 aromatic heterocycles. The van der Waals surface area contributed by atoms with Gasteiger partial charge in [0.1, 0.15) is 0 Å². The second kappa shape index (κ2) is 13.4. The number of hydrogen-bond acceptors (Lipinski definition) is 0. The fourth-order valence-corrected chi connectivity index (χ4v) is 5.93. The van der Waals surface area contributed by atoms with Gasteiger partial charge in [0.15, 0.2) is 0 Å². The first kappa shape index (κ1) is 35.2. The first-order valence-corrected chi connectivity index (χ1v) is 14.8. The Morgan fingerprint density at radius 1 is 0.659 bits per heavy atom. The molecule has 0 atom stereocenters. The first-order chi connectivity index (χ1) is 19.5. The third-order valence-electron chi connectivity index (χ3n) is 8.52. The van der Waals surface area contributed by atoms with Crippen LogP contribution in [-0.2, 0) is 39.0 Å². The topological polar surface area (TPSA) is 0 Å². The molecule has 7 rings (SSSR count). The molecule has 1 aliphatic rings. The standard InChI is InChI=1S/C21H25.C20H15.2CH3.Ti/c1-20(2,3)16-9-10-18-15(12-16)11-14-7-8-17(13-19(14)18)21(4,5)6;1-14-5-4-8-15-9-10-18(13-20(14)15)19-11-16-6-2-3-7-17(16)12-19;;;/h7-10,13H,11H2,1-6H3;2-13H,1H3;2*1H3;/q4*-1;+4. The summed E-state index contributed by atoms with van der Waals surface area (Å²) in [4.78, 5) is 0. The molecule has 1 aliphatic carbocycles. The second-order valence-electron chi connectivity index (χ2n) is 13.7. The summed E-state index contributed by atoms with van der Waals surface area (Å²) in [6.45, 7) is 15.8. The summed E-state index contributed by atoms with van der Waals surface area (Å²) in [5.74, 6) is 0. The minimum absolute atomic E-state index is 0. The molecule has 0 bridgehead atoms. The van der Waals surface area contributed by atoms with E-state index in [-0.39, 0.29) is 47.4 Å². The third-order valence-corrected chi connectivity index (χ3v) is 8.52. The maximum atomic E-state index is 3.67. The van der Waals surface area contributed by atoms with E-state index in [4.69, 9.17) is 0 Å². The van der Waals surface area contributed by atoms with Crippen molar-refractivity contribution >= 4 is 21.5 Å². The van der Waals surface area contributed by atoms with Gasteiger partial charge in [0, 0.05) is 0 Å². The predicted molar refractivity (Wildman–Crippen MR) is 191 cm³/mol. The predicted octanol–water partition coefficient (Wildman–Crippen LogP) is 12.2. The molecule has 0 N–H and O–H groups in total. The van der Waals surface area contributed by atoms with E-state index in [9.17, 15) is 0 Å². The van der Waals surface area contributed by atoms with Gasteiger partial charge < -0.3 is 14.9 Å². The number of aryl methyl sites for hydroxylation is 1. The van der Waals surface area contributed by atoms with Crippen LogP contribution in [0.25, 0.3) is 43.8 Å². The molecule has 0 amide bonds. The van der Waals surface area contributed by atoms with E-state index in [0.717, 1.165) is 6.42 Å². The Morgan fingerprint density at radius 2 is 1.39 bits per heavy atom. The average molecular weight is 611 g/mol. The van der Waals surface area contributed by atoms with Crippen LogP contribution >= 0.6 is 0 Å². The Hall–Kier alpha value is -3.32. The van der Waals surface area contributed by atoms with Gasteiger partial charge in [0.2, 0.25) is 0 Å². The van der Waals surface area contributed by atoms with Crippen LogP contribution < -0.4 is 0 Å². The molecule has 0 saturated carbocycles. The van der Waals surface area contributed by atoms with E-state index >= 15 is 0 Å². The summed E-state index contributed by atoms with van der Waals surface area (Å²) >= 11 is 0. The SMILES string of the molecule is CC(C)(C)c1[c-]c2c(cc1)-c1cc(C(C)(C)C)ccc1C2.Cc1cccc2ccc(-c3cc4ccccc4[cH-]3)cc12.[CH3-].[CH3-].[Ti+4]. The zero-order chi connectivity index (χ0) is 28.9. The summed E-state index contributed by atoms with van der Waals surface area (Å²) in [6.07, 6.45) is 1.03. The van der Waals surface area contributed by atoms with Gasteiger partial charge in [-0.3, -0.25) is 0 Å². The fraction of sp³-hybridized carbons (Fsp3) is 0.233. The molecular weight excluding hydrogens is 564 g/mol. The summed E-state index contributed by atoms with van der Waals surface area (Å²) in [5.41, 5.74) is 12.6. The van der Waals surface area contributed by atoms with E-state index in [0.29, 0.717) is 0 Å². The molecule has 0 fully saturated rings. The number of benzene rings is 5. The van der Waals surface area contributed by atoms with E-state index in [2.05, 4.69) is 158 Å². The molecule has 0 radical (unpaired) electrons. The van der Waals surface area contributed by atoms with Gasteiger partial charge in [0.05, 0.1) is 0 Å². The molecule has 44 heavy (non-hydrogen) atoms. The van der Waals surface area contributed by atoms with Crippen LogP contribution in [0.15, 0.2) is 103 Å². The van der Waals surface area contributed by atoms with Crippen LogP contribution in [0.5, 0.6) is 0 Å². The maximum absolute atomic E-state index is 3.67. The number of hydrogen-bond donors (Lipinski definition) is 0. The quantitative estimate of drug-likeness (QED) is 0.128. The zero-order valence-corrected chi connectivity index (χ0v) is 29.6. The van der Waals surface area contributed by atoms with Crippen molar-refractivity contribution in [2.75, 3.05) is 0 Å². The molecule has 0 spiro atoms. The average Bonchev–Trinajstić information content (AvgIpc) is 3.53. The third kappa shape index (κ3) is 6.98. The fourth-order valence-electron chi connectivity index (χ4n) is 5.93. The second-order valence-corrected chi connectivity index (χ2v) is 13.7. The van der Waals surface area contributed by atoms with Gasteiger partial charge >= 0.3 is 21.7 Å². The Labute approximate surface area is 281 Å². The van der Waals surface area contributed by atoms with Crippen molar-refractivity contribution < 1.29 is 21.7 Å². The van der Waals surface area contributed by atoms with Gasteiger partial charge in [-0.25, -0.2) is 0 Å². The largest absolute Gasteiger partial charge is 4.00 e. The Bertz CT molecular complexity index is 1850. The molecule has 0 unspecified atom stereocenters. The Kier molecular flexibility index (Phi) is 10.7. The molecule has 0 heterocycles. The van der Waals surface area contributed by atoms with Crippen molar-refractivity contribution in [3.8, 4) is 22.3 Å². The monoisotopic (exact) mass is 610 g/mol. The van der Waals surface area contributed by atoms with E-state index in [1.807, 2.05) is 0 Å². The summed E-state index contributed by atoms with van der Waals surface area (Å²) in [6, 6.07) is 41.5. The first-order valence-electron chi connectivity index (χ1n) is 14.8. The van der Waals surface area contributed by atoms with Crippen LogP contribution in [-0.4, -0.2) is 0 Å². The summed E-state index contributed by atoms with van der Waals surface area (Å²) in [7, 11) is 0. The molecule has 1 heteroatoms. The summed E-state index contributed by atoms with van der Waals surface area (Å²) in [5, 5.41) is 5.28.